The molecule has 0 radical (unpaired) electrons. The van der Waals surface area contributed by atoms with Crippen molar-refractivity contribution in [3.63, 3.8) is 0 Å². The van der Waals surface area contributed by atoms with Gasteiger partial charge in [-0.1, -0.05) is 13.8 Å². The second kappa shape index (κ2) is 4.39. The van der Waals surface area contributed by atoms with Gasteiger partial charge in [-0.15, -0.1) is 0 Å². The smallest absolute Gasteiger partial charge is 0.222 e. The van der Waals surface area contributed by atoms with Crippen LogP contribution in [-0.2, 0) is 0 Å². The summed E-state index contributed by atoms with van der Waals surface area (Å²) in [4.78, 5) is 11.0. The molecule has 0 amide bonds. The fourth-order valence-corrected chi connectivity index (χ4v) is 2.97. The number of nitrogens with one attached hydrogen (secondary N) is 1. The number of nitrogen functional groups attached to an aromatic ring is 1. The zero-order valence-electron chi connectivity index (χ0n) is 11.1. The molecule has 0 aliphatic carbocycles. The van der Waals surface area contributed by atoms with Gasteiger partial charge in [0.2, 0.25) is 5.95 Å². The molecular formula is C13H21N5. The third-order valence-electron chi connectivity index (χ3n) is 4.03. The first-order chi connectivity index (χ1) is 8.63. The van der Waals surface area contributed by atoms with Crippen molar-refractivity contribution in [1.29, 1.82) is 0 Å². The van der Waals surface area contributed by atoms with Crippen molar-refractivity contribution in [1.82, 2.24) is 15.3 Å². The lowest BCUT2D eigenvalue weighted by Gasteiger charge is -2.19. The maximum Gasteiger partial charge on any atom is 0.222 e. The summed E-state index contributed by atoms with van der Waals surface area (Å²) in [7, 11) is 0. The quantitative estimate of drug-likeness (QED) is 0.815. The molecule has 2 fully saturated rings. The molecule has 3 rings (SSSR count). The van der Waals surface area contributed by atoms with Gasteiger partial charge in [0.25, 0.3) is 0 Å². The van der Waals surface area contributed by atoms with Crippen molar-refractivity contribution in [2.24, 2.45) is 5.92 Å². The van der Waals surface area contributed by atoms with E-state index in [0.29, 0.717) is 17.9 Å². The maximum atomic E-state index is 5.82. The van der Waals surface area contributed by atoms with Gasteiger partial charge in [0.1, 0.15) is 5.82 Å². The van der Waals surface area contributed by atoms with Crippen molar-refractivity contribution in [2.45, 2.75) is 32.2 Å². The van der Waals surface area contributed by atoms with Crippen LogP contribution in [0.25, 0.3) is 0 Å². The van der Waals surface area contributed by atoms with Gasteiger partial charge in [-0.25, -0.2) is 4.98 Å². The van der Waals surface area contributed by atoms with E-state index in [1.54, 1.807) is 0 Å². The van der Waals surface area contributed by atoms with E-state index in [1.807, 2.05) is 0 Å². The Hall–Kier alpha value is -1.36. The number of rotatable bonds is 2. The lowest BCUT2D eigenvalue weighted by Crippen LogP contribution is -2.30. The first-order valence-corrected chi connectivity index (χ1v) is 6.76. The van der Waals surface area contributed by atoms with E-state index in [-0.39, 0.29) is 0 Å². The number of hydrogen-bond donors (Lipinski definition) is 2. The fourth-order valence-electron chi connectivity index (χ4n) is 2.97. The predicted octanol–water partition coefficient (Wildman–Crippen LogP) is 0.980. The first kappa shape index (κ1) is 11.7. The molecule has 2 aliphatic heterocycles. The molecule has 2 saturated heterocycles. The number of anilines is 2. The van der Waals surface area contributed by atoms with Gasteiger partial charge in [0, 0.05) is 25.2 Å². The van der Waals surface area contributed by atoms with Gasteiger partial charge in [0.05, 0.1) is 5.69 Å². The highest BCUT2D eigenvalue weighted by molar-refractivity contribution is 5.46. The Morgan fingerprint density at radius 3 is 2.94 bits per heavy atom. The number of nitrogens with two attached hydrogens (primary N) is 1. The van der Waals surface area contributed by atoms with Crippen LogP contribution in [0.15, 0.2) is 6.07 Å². The molecule has 98 valence electrons. The van der Waals surface area contributed by atoms with Gasteiger partial charge >= 0.3 is 0 Å². The summed E-state index contributed by atoms with van der Waals surface area (Å²) in [6, 6.07) is 2.71. The van der Waals surface area contributed by atoms with Crippen molar-refractivity contribution in [2.75, 3.05) is 30.3 Å². The van der Waals surface area contributed by atoms with Gasteiger partial charge in [-0.3, -0.25) is 0 Å². The molecule has 3 N–H and O–H groups in total. The van der Waals surface area contributed by atoms with Crippen LogP contribution in [0.4, 0.5) is 11.8 Å². The fraction of sp³-hybridized carbons (Fsp3) is 0.692. The van der Waals surface area contributed by atoms with Crippen LogP contribution in [0, 0.1) is 5.92 Å². The molecule has 0 spiro atoms. The third kappa shape index (κ3) is 2.03. The minimum Gasteiger partial charge on any atom is -0.368 e. The van der Waals surface area contributed by atoms with Crippen LogP contribution in [0.3, 0.4) is 0 Å². The second-order valence-electron chi connectivity index (χ2n) is 5.68. The Bertz CT molecular complexity index is 433. The third-order valence-corrected chi connectivity index (χ3v) is 4.03. The van der Waals surface area contributed by atoms with Crippen molar-refractivity contribution in [3.05, 3.63) is 11.8 Å². The van der Waals surface area contributed by atoms with Crippen LogP contribution in [0.5, 0.6) is 0 Å². The Balaban J connectivity index is 1.84. The van der Waals surface area contributed by atoms with E-state index in [4.69, 9.17) is 5.73 Å². The number of aromatic nitrogens is 2. The number of nitrogens with zero attached hydrogens (tertiary/aromatic N) is 3. The molecule has 0 bridgehead atoms. The average Bonchev–Trinajstić information content (AvgIpc) is 2.87. The van der Waals surface area contributed by atoms with E-state index in [0.717, 1.165) is 37.1 Å². The van der Waals surface area contributed by atoms with Crippen molar-refractivity contribution in [3.8, 4) is 0 Å². The van der Waals surface area contributed by atoms with E-state index in [2.05, 4.69) is 40.1 Å². The SMILES string of the molecule is CC(C)c1cc(N2CC3NCC[C@@H]3C2)nc(N)n1. The maximum absolute atomic E-state index is 5.82. The predicted molar refractivity (Wildman–Crippen MR) is 72.6 cm³/mol. The highest BCUT2D eigenvalue weighted by atomic mass is 15.3. The normalized spacial score (nSPS) is 26.9. The summed E-state index contributed by atoms with van der Waals surface area (Å²) in [5, 5.41) is 3.55. The number of hydrogen-bond acceptors (Lipinski definition) is 5. The van der Waals surface area contributed by atoms with Gasteiger partial charge < -0.3 is 16.0 Å². The summed E-state index contributed by atoms with van der Waals surface area (Å²) in [5.74, 6) is 2.53. The van der Waals surface area contributed by atoms with E-state index < -0.39 is 0 Å². The van der Waals surface area contributed by atoms with Gasteiger partial charge in [-0.2, -0.15) is 4.98 Å². The molecule has 2 aliphatic rings. The molecule has 0 aromatic carbocycles. The standard InChI is InChI=1S/C13H21N5/c1-8(2)10-5-12(17-13(14)16-10)18-6-9-3-4-15-11(9)7-18/h5,8-9,11,15H,3-4,6-7H2,1-2H3,(H2,14,16,17)/t9-,11?/m1/s1. The van der Waals surface area contributed by atoms with Gasteiger partial charge in [0.15, 0.2) is 0 Å². The highest BCUT2D eigenvalue weighted by Crippen LogP contribution is 2.29. The monoisotopic (exact) mass is 247 g/mol. The highest BCUT2D eigenvalue weighted by Gasteiger charge is 2.36. The minimum atomic E-state index is 0.384. The van der Waals surface area contributed by atoms with Crippen molar-refractivity contribution >= 4 is 11.8 Å². The lowest BCUT2D eigenvalue weighted by molar-refractivity contribution is 0.556. The van der Waals surface area contributed by atoms with Crippen LogP contribution >= 0.6 is 0 Å². The van der Waals surface area contributed by atoms with E-state index in [1.165, 1.54) is 6.42 Å². The zero-order chi connectivity index (χ0) is 12.7. The summed E-state index contributed by atoms with van der Waals surface area (Å²) in [6.07, 6.45) is 1.28. The summed E-state index contributed by atoms with van der Waals surface area (Å²) >= 11 is 0. The molecule has 2 atom stereocenters. The Morgan fingerprint density at radius 1 is 1.39 bits per heavy atom. The zero-order valence-corrected chi connectivity index (χ0v) is 11.1. The topological polar surface area (TPSA) is 67.1 Å². The van der Waals surface area contributed by atoms with E-state index in [9.17, 15) is 0 Å². The number of fused-ring (bicyclic) bond motifs is 1. The van der Waals surface area contributed by atoms with Crippen LogP contribution in [0.1, 0.15) is 31.9 Å². The molecular weight excluding hydrogens is 226 g/mol. The molecule has 5 nitrogen and oxygen atoms in total. The Morgan fingerprint density at radius 2 is 2.22 bits per heavy atom. The second-order valence-corrected chi connectivity index (χ2v) is 5.68. The molecule has 0 saturated carbocycles. The van der Waals surface area contributed by atoms with Gasteiger partial charge in [-0.05, 0) is 24.8 Å². The largest absolute Gasteiger partial charge is 0.368 e. The summed E-state index contributed by atoms with van der Waals surface area (Å²) < 4.78 is 0. The molecule has 1 aromatic rings. The van der Waals surface area contributed by atoms with Crippen molar-refractivity contribution < 1.29 is 0 Å². The van der Waals surface area contributed by atoms with E-state index >= 15 is 0 Å². The summed E-state index contributed by atoms with van der Waals surface area (Å²) in [6.45, 7) is 7.55. The minimum absolute atomic E-state index is 0.384. The Kier molecular flexibility index (Phi) is 2.86. The molecule has 3 heterocycles. The summed E-state index contributed by atoms with van der Waals surface area (Å²) in [5.41, 5.74) is 6.85. The molecule has 18 heavy (non-hydrogen) atoms. The Labute approximate surface area is 108 Å². The lowest BCUT2D eigenvalue weighted by atomic mass is 10.1. The van der Waals surface area contributed by atoms with Crippen LogP contribution in [0.2, 0.25) is 0 Å². The molecule has 1 aromatic heterocycles. The first-order valence-electron chi connectivity index (χ1n) is 6.76. The average molecular weight is 247 g/mol. The molecule has 1 unspecified atom stereocenters. The van der Waals surface area contributed by atoms with Crippen LogP contribution in [-0.4, -0.2) is 35.6 Å². The van der Waals surface area contributed by atoms with Crippen LogP contribution < -0.4 is 16.0 Å². The molecule has 5 heteroatoms.